The summed E-state index contributed by atoms with van der Waals surface area (Å²) in [6.45, 7) is 14.3. The minimum Gasteiger partial charge on any atom is -0.399 e. The molecule has 1 aromatic carbocycles. The Labute approximate surface area is 185 Å². The van der Waals surface area contributed by atoms with E-state index in [1.165, 1.54) is 5.69 Å². The van der Waals surface area contributed by atoms with Crippen LogP contribution < -0.4 is 16.0 Å². The molecular formula is C25H32N6. The molecule has 1 fully saturated rings. The highest BCUT2D eigenvalue weighted by Crippen LogP contribution is 2.24. The molecule has 31 heavy (non-hydrogen) atoms. The van der Waals surface area contributed by atoms with Crippen molar-refractivity contribution in [2.45, 2.75) is 13.3 Å². The zero-order valence-electron chi connectivity index (χ0n) is 18.5. The number of rotatable bonds is 8. The van der Waals surface area contributed by atoms with E-state index >= 15 is 0 Å². The molecule has 2 heterocycles. The monoisotopic (exact) mass is 416 g/mol. The Morgan fingerprint density at radius 2 is 1.90 bits per heavy atom. The Kier molecular flexibility index (Phi) is 7.62. The molecule has 6 nitrogen and oxygen atoms in total. The third kappa shape index (κ3) is 6.06. The highest BCUT2D eigenvalue weighted by atomic mass is 15.2. The van der Waals surface area contributed by atoms with Crippen molar-refractivity contribution in [1.82, 2.24) is 14.9 Å². The van der Waals surface area contributed by atoms with E-state index < -0.39 is 0 Å². The van der Waals surface area contributed by atoms with Crippen LogP contribution in [0.4, 0.5) is 17.3 Å². The number of likely N-dealkylation sites (N-methyl/N-ethyl adjacent to an activating group) is 1. The van der Waals surface area contributed by atoms with Gasteiger partial charge in [0.05, 0.1) is 5.69 Å². The Morgan fingerprint density at radius 1 is 1.19 bits per heavy atom. The number of allylic oxidation sites excluding steroid dienone is 4. The number of nitrogens with zero attached hydrogens (tertiary/aromatic N) is 4. The highest BCUT2D eigenvalue weighted by molar-refractivity contribution is 5.71. The largest absolute Gasteiger partial charge is 0.399 e. The number of hydrogen-bond acceptors (Lipinski definition) is 6. The lowest BCUT2D eigenvalue weighted by Gasteiger charge is -2.34. The first-order valence-electron chi connectivity index (χ1n) is 10.6. The van der Waals surface area contributed by atoms with E-state index in [1.54, 1.807) is 12.3 Å². The van der Waals surface area contributed by atoms with Crippen molar-refractivity contribution in [2.24, 2.45) is 5.73 Å². The molecule has 2 aromatic rings. The van der Waals surface area contributed by atoms with Crippen LogP contribution in [-0.2, 0) is 0 Å². The van der Waals surface area contributed by atoms with Crippen molar-refractivity contribution in [3.05, 3.63) is 78.8 Å². The van der Waals surface area contributed by atoms with Crippen molar-refractivity contribution >= 4 is 29.0 Å². The van der Waals surface area contributed by atoms with Gasteiger partial charge in [-0.2, -0.15) is 0 Å². The molecule has 1 aromatic heterocycles. The van der Waals surface area contributed by atoms with Gasteiger partial charge >= 0.3 is 0 Å². The molecule has 3 rings (SSSR count). The van der Waals surface area contributed by atoms with E-state index in [9.17, 15) is 0 Å². The molecule has 0 unspecified atom stereocenters. The maximum absolute atomic E-state index is 5.95. The molecule has 0 amide bonds. The van der Waals surface area contributed by atoms with Gasteiger partial charge in [0.1, 0.15) is 0 Å². The van der Waals surface area contributed by atoms with Crippen LogP contribution >= 0.6 is 0 Å². The number of aromatic nitrogens is 2. The lowest BCUT2D eigenvalue weighted by Crippen LogP contribution is -2.44. The van der Waals surface area contributed by atoms with Crippen LogP contribution in [0.25, 0.3) is 11.6 Å². The average molecular weight is 417 g/mol. The lowest BCUT2D eigenvalue weighted by molar-refractivity contribution is 0.313. The molecule has 0 bridgehead atoms. The van der Waals surface area contributed by atoms with Crippen LogP contribution in [0.2, 0.25) is 0 Å². The first kappa shape index (κ1) is 22.3. The summed E-state index contributed by atoms with van der Waals surface area (Å²) in [7, 11) is 2.17. The summed E-state index contributed by atoms with van der Waals surface area (Å²) in [5.41, 5.74) is 11.3. The van der Waals surface area contributed by atoms with Crippen molar-refractivity contribution < 1.29 is 0 Å². The number of nitrogens with one attached hydrogen (secondary N) is 1. The third-order valence-electron chi connectivity index (χ3n) is 5.31. The number of benzene rings is 1. The Morgan fingerprint density at radius 3 is 2.55 bits per heavy atom. The fraction of sp³-hybridized carbons (Fsp3) is 0.280. The van der Waals surface area contributed by atoms with Crippen LogP contribution in [0.5, 0.6) is 0 Å². The van der Waals surface area contributed by atoms with Gasteiger partial charge in [0.15, 0.2) is 0 Å². The Balaban J connectivity index is 1.71. The van der Waals surface area contributed by atoms with Gasteiger partial charge < -0.3 is 20.9 Å². The van der Waals surface area contributed by atoms with Gasteiger partial charge in [-0.25, -0.2) is 9.97 Å². The first-order chi connectivity index (χ1) is 15.0. The zero-order valence-corrected chi connectivity index (χ0v) is 18.5. The van der Waals surface area contributed by atoms with E-state index in [0.29, 0.717) is 18.1 Å². The Hall–Kier alpha value is -3.38. The SMILES string of the molecule is C=Cc1cnc(Nc2ccc(N3CCN(C)CC3)cc2)nc1C(=C)C/C=C(N)\C=C/C. The maximum Gasteiger partial charge on any atom is 0.227 e. The summed E-state index contributed by atoms with van der Waals surface area (Å²) in [6.07, 6.45) is 9.81. The topological polar surface area (TPSA) is 70.3 Å². The van der Waals surface area contributed by atoms with Gasteiger partial charge in [-0.1, -0.05) is 31.4 Å². The highest BCUT2D eigenvalue weighted by Gasteiger charge is 2.14. The van der Waals surface area contributed by atoms with Gasteiger partial charge in [0.2, 0.25) is 5.95 Å². The molecule has 1 aliphatic rings. The standard InChI is InChI=1S/C25H32N6/c1-5-7-21(26)9-8-19(3)24-20(6-2)18-27-25(29-24)28-22-10-12-23(13-11-22)31-16-14-30(4)15-17-31/h5-7,9-13,18H,2-3,8,14-17,26H2,1,4H3,(H,27,28,29)/b7-5-,21-9+. The summed E-state index contributed by atoms with van der Waals surface area (Å²) in [4.78, 5) is 13.9. The summed E-state index contributed by atoms with van der Waals surface area (Å²) < 4.78 is 0. The summed E-state index contributed by atoms with van der Waals surface area (Å²) in [5.74, 6) is 0.527. The minimum absolute atomic E-state index is 0.527. The molecule has 0 atom stereocenters. The van der Waals surface area contributed by atoms with E-state index in [-0.39, 0.29) is 0 Å². The second-order valence-corrected chi connectivity index (χ2v) is 7.68. The van der Waals surface area contributed by atoms with Crippen molar-refractivity contribution in [3.8, 4) is 0 Å². The smallest absolute Gasteiger partial charge is 0.227 e. The minimum atomic E-state index is 0.527. The van der Waals surface area contributed by atoms with E-state index in [0.717, 1.165) is 48.7 Å². The predicted octanol–water partition coefficient (Wildman–Crippen LogP) is 4.44. The predicted molar refractivity (Wildman–Crippen MR) is 132 cm³/mol. The van der Waals surface area contributed by atoms with Crippen LogP contribution in [0.1, 0.15) is 24.6 Å². The molecule has 1 saturated heterocycles. The number of piperazine rings is 1. The molecule has 0 saturated carbocycles. The van der Waals surface area contributed by atoms with E-state index in [2.05, 4.69) is 69.6 Å². The number of nitrogens with two attached hydrogens (primary N) is 1. The van der Waals surface area contributed by atoms with Crippen molar-refractivity contribution in [2.75, 3.05) is 43.4 Å². The summed E-state index contributed by atoms with van der Waals surface area (Å²) in [5, 5.41) is 3.30. The van der Waals surface area contributed by atoms with Gasteiger partial charge in [0.25, 0.3) is 0 Å². The molecule has 6 heteroatoms. The van der Waals surface area contributed by atoms with Crippen LogP contribution in [0, 0.1) is 0 Å². The van der Waals surface area contributed by atoms with Crippen LogP contribution in [-0.4, -0.2) is 48.1 Å². The Bertz CT molecular complexity index is 966. The second-order valence-electron chi connectivity index (χ2n) is 7.68. The van der Waals surface area contributed by atoms with Crippen LogP contribution in [0.3, 0.4) is 0 Å². The van der Waals surface area contributed by atoms with Gasteiger partial charge in [-0.3, -0.25) is 0 Å². The summed E-state index contributed by atoms with van der Waals surface area (Å²) in [6, 6.07) is 8.40. The lowest BCUT2D eigenvalue weighted by atomic mass is 10.1. The normalized spacial score (nSPS) is 15.3. The fourth-order valence-electron chi connectivity index (χ4n) is 3.43. The quantitative estimate of drug-likeness (QED) is 0.620. The van der Waals surface area contributed by atoms with E-state index in [4.69, 9.17) is 5.73 Å². The van der Waals surface area contributed by atoms with Crippen molar-refractivity contribution in [3.63, 3.8) is 0 Å². The fourth-order valence-corrected chi connectivity index (χ4v) is 3.43. The molecule has 3 N–H and O–H groups in total. The molecule has 0 radical (unpaired) electrons. The van der Waals surface area contributed by atoms with E-state index in [1.807, 2.05) is 25.2 Å². The molecule has 1 aliphatic heterocycles. The van der Waals surface area contributed by atoms with Gasteiger partial charge in [-0.15, -0.1) is 0 Å². The third-order valence-corrected chi connectivity index (χ3v) is 5.31. The molecule has 0 aliphatic carbocycles. The zero-order chi connectivity index (χ0) is 22.2. The van der Waals surface area contributed by atoms with Gasteiger partial charge in [-0.05, 0) is 56.3 Å². The number of hydrogen-bond donors (Lipinski definition) is 2. The maximum atomic E-state index is 5.95. The van der Waals surface area contributed by atoms with Crippen LogP contribution in [0.15, 0.2) is 67.5 Å². The second kappa shape index (κ2) is 10.6. The summed E-state index contributed by atoms with van der Waals surface area (Å²) >= 11 is 0. The first-order valence-corrected chi connectivity index (χ1v) is 10.6. The molecule has 162 valence electrons. The molecular weight excluding hydrogens is 384 g/mol. The van der Waals surface area contributed by atoms with Crippen molar-refractivity contribution in [1.29, 1.82) is 0 Å². The molecule has 0 spiro atoms. The average Bonchev–Trinajstić information content (AvgIpc) is 2.79. The number of anilines is 3. The van der Waals surface area contributed by atoms with Gasteiger partial charge in [0, 0.05) is 55.0 Å².